The number of carbonyl (C=O) groups is 4. The molecule has 0 saturated carbocycles. The number of halogens is 7. The average Bonchev–Trinajstić information content (AvgIpc) is 0.788. The molecule has 568 valence electrons. The van der Waals surface area contributed by atoms with E-state index in [1.54, 1.807) is 36.4 Å². The molecule has 11 rings (SSSR count). The molecule has 4 aromatic carbocycles. The number of aliphatic hydroxyl groups is 1. The van der Waals surface area contributed by atoms with Crippen molar-refractivity contribution in [3.63, 3.8) is 0 Å². The number of nitro groups is 2. The lowest BCUT2D eigenvalue weighted by Crippen LogP contribution is -2.18. The molecule has 11 N–H and O–H groups in total. The summed E-state index contributed by atoms with van der Waals surface area (Å²) in [4.78, 5) is 89.4. The number of hydrogen-bond donors (Lipinski definition) is 7. The van der Waals surface area contributed by atoms with Crippen LogP contribution < -0.4 is 42.7 Å². The predicted molar refractivity (Wildman–Crippen MR) is 366 cm³/mol. The number of nitrogens with two attached hydrogens (primary N) is 4. The largest absolute Gasteiger partial charge is 0.494 e. The first-order valence-electron chi connectivity index (χ1n) is 33.2. The maximum atomic E-state index is 12.9. The molecule has 0 spiro atoms. The molecular formula is C70H81F7N10O18. The highest BCUT2D eigenvalue weighted by molar-refractivity contribution is 5.99. The Bertz CT molecular complexity index is 4070. The number of carboxylic acids is 1. The summed E-state index contributed by atoms with van der Waals surface area (Å²) in [6.07, 6.45) is 5.14. The second-order valence-corrected chi connectivity index (χ2v) is 24.1. The Labute approximate surface area is 596 Å². The number of benzene rings is 4. The maximum Gasteiger partial charge on any atom is 0.416 e. The van der Waals surface area contributed by atoms with Gasteiger partial charge >= 0.3 is 18.3 Å². The van der Waals surface area contributed by atoms with Gasteiger partial charge in [-0.1, -0.05) is 0 Å². The van der Waals surface area contributed by atoms with Crippen LogP contribution >= 0.6 is 0 Å². The van der Waals surface area contributed by atoms with Crippen molar-refractivity contribution in [2.24, 2.45) is 40.9 Å². The van der Waals surface area contributed by atoms with Gasteiger partial charge in [0.25, 0.3) is 34.7 Å². The predicted octanol–water partition coefficient (Wildman–Crippen LogP) is 11.1. The van der Waals surface area contributed by atoms with Crippen LogP contribution in [0, 0.1) is 49.7 Å². The molecule has 0 bridgehead atoms. The van der Waals surface area contributed by atoms with Crippen molar-refractivity contribution in [1.82, 2.24) is 19.9 Å². The SMILES string of the molecule is NC(=O)c1cc(F)ccc1[N+](=O)[O-].NC(=O)c1cc(OCCC2CCOCC2)ccc1N.NC(=O)c1cc(OCCC2CCOCC2)ccc1[N+](=O)[O-].O=C(O)c1cc(C(F)(F)F)ccn1.O=c1[nH]c(-c2cc(C(F)(F)F)ccn2)nc2ccc(OCCC3CCOCC3)cc12.OCCC1CCOCC1. The molecular weight excluding hydrogens is 1400 g/mol. The molecule has 7 aromatic rings. The van der Waals surface area contributed by atoms with Crippen LogP contribution in [0.5, 0.6) is 17.2 Å². The van der Waals surface area contributed by atoms with E-state index in [4.69, 9.17) is 66.3 Å². The molecule has 105 heavy (non-hydrogen) atoms. The van der Waals surface area contributed by atoms with Crippen molar-refractivity contribution < 1.29 is 103 Å². The number of pyridine rings is 2. The van der Waals surface area contributed by atoms with E-state index < -0.39 is 85.3 Å². The Morgan fingerprint density at radius 3 is 1.38 bits per heavy atom. The summed E-state index contributed by atoms with van der Waals surface area (Å²) in [5, 5.41) is 38.3. The third-order valence-corrected chi connectivity index (χ3v) is 16.7. The summed E-state index contributed by atoms with van der Waals surface area (Å²) in [5.41, 5.74) is 17.5. The van der Waals surface area contributed by atoms with Crippen molar-refractivity contribution in [2.75, 3.05) is 85.0 Å². The number of anilines is 1. The first-order chi connectivity index (χ1) is 50.0. The van der Waals surface area contributed by atoms with Crippen LogP contribution in [0.2, 0.25) is 0 Å². The fourth-order valence-corrected chi connectivity index (χ4v) is 10.8. The van der Waals surface area contributed by atoms with Gasteiger partial charge in [0.05, 0.1) is 57.3 Å². The van der Waals surface area contributed by atoms with Gasteiger partial charge in [-0.25, -0.2) is 19.2 Å². The second-order valence-electron chi connectivity index (χ2n) is 24.1. The van der Waals surface area contributed by atoms with Gasteiger partial charge in [-0.2, -0.15) is 26.3 Å². The van der Waals surface area contributed by atoms with Crippen molar-refractivity contribution in [2.45, 2.75) is 89.4 Å². The molecule has 0 atom stereocenters. The normalized spacial score (nSPS) is 15.0. The maximum absolute atomic E-state index is 12.9. The van der Waals surface area contributed by atoms with Crippen molar-refractivity contribution in [3.8, 4) is 28.8 Å². The minimum absolute atomic E-state index is 0.0215. The molecule has 4 fully saturated rings. The van der Waals surface area contributed by atoms with Crippen molar-refractivity contribution >= 4 is 51.7 Å². The topological polar surface area (TPSA) is 435 Å². The minimum Gasteiger partial charge on any atom is -0.494 e. The van der Waals surface area contributed by atoms with Crippen LogP contribution in [0.15, 0.2) is 114 Å². The van der Waals surface area contributed by atoms with Gasteiger partial charge in [0.15, 0.2) is 5.82 Å². The summed E-state index contributed by atoms with van der Waals surface area (Å²) < 4.78 is 125. The van der Waals surface area contributed by atoms with Crippen molar-refractivity contribution in [1.29, 1.82) is 0 Å². The molecule has 28 nitrogen and oxygen atoms in total. The summed E-state index contributed by atoms with van der Waals surface area (Å²) in [6, 6.07) is 19.4. The third-order valence-electron chi connectivity index (χ3n) is 16.7. The Hall–Kier alpha value is -10.5. The zero-order valence-corrected chi connectivity index (χ0v) is 56.8. The number of primary amides is 3. The number of aromatic carboxylic acids is 1. The van der Waals surface area contributed by atoms with Crippen LogP contribution in [0.3, 0.4) is 0 Å². The number of hydrogen-bond acceptors (Lipinski definition) is 21. The lowest BCUT2D eigenvalue weighted by molar-refractivity contribution is -0.385. The third kappa shape index (κ3) is 28.2. The molecule has 3 amide bonds. The molecule has 0 aliphatic carbocycles. The van der Waals surface area contributed by atoms with Gasteiger partial charge < -0.3 is 71.3 Å². The average molecular weight is 1480 g/mol. The summed E-state index contributed by atoms with van der Waals surface area (Å²) in [6.45, 7) is 8.62. The summed E-state index contributed by atoms with van der Waals surface area (Å²) >= 11 is 0. The number of carbonyl (C=O) groups excluding carboxylic acids is 3. The van der Waals surface area contributed by atoms with Crippen LogP contribution in [0.25, 0.3) is 22.4 Å². The van der Waals surface area contributed by atoms with Crippen LogP contribution in [-0.4, -0.2) is 143 Å². The van der Waals surface area contributed by atoms with E-state index >= 15 is 0 Å². The van der Waals surface area contributed by atoms with Gasteiger partial charge in [-0.15, -0.1) is 0 Å². The van der Waals surface area contributed by atoms with Gasteiger partial charge in [-0.05, 0) is 186 Å². The lowest BCUT2D eigenvalue weighted by atomic mass is 9.97. The first kappa shape index (κ1) is 83.5. The molecule has 7 heterocycles. The number of nitrogen functional groups attached to an aromatic ring is 1. The molecule has 4 aliphatic heterocycles. The number of nitro benzene ring substituents is 2. The number of H-pyrrole nitrogens is 1. The summed E-state index contributed by atoms with van der Waals surface area (Å²) in [5.74, 6) is -0.489. The smallest absolute Gasteiger partial charge is 0.416 e. The van der Waals surface area contributed by atoms with Crippen LogP contribution in [0.4, 0.5) is 47.8 Å². The Morgan fingerprint density at radius 2 is 0.943 bits per heavy atom. The Kier molecular flexibility index (Phi) is 33.2. The van der Waals surface area contributed by atoms with E-state index in [-0.39, 0.29) is 22.8 Å². The Balaban J connectivity index is 0.000000206. The van der Waals surface area contributed by atoms with E-state index in [1.165, 1.54) is 18.2 Å². The molecule has 3 aromatic heterocycles. The molecule has 4 saturated heterocycles. The summed E-state index contributed by atoms with van der Waals surface area (Å²) in [7, 11) is 0. The van der Waals surface area contributed by atoms with Crippen molar-refractivity contribution in [3.05, 3.63) is 179 Å². The highest BCUT2D eigenvalue weighted by Crippen LogP contribution is 2.33. The highest BCUT2D eigenvalue weighted by atomic mass is 19.4. The van der Waals surface area contributed by atoms with E-state index in [0.717, 1.165) is 179 Å². The number of ether oxygens (including phenoxy) is 7. The zero-order valence-electron chi connectivity index (χ0n) is 56.8. The second kappa shape index (κ2) is 41.7. The molecule has 35 heteroatoms. The molecule has 0 radical (unpaired) electrons. The number of rotatable bonds is 21. The number of nitrogens with zero attached hydrogens (tertiary/aromatic N) is 5. The number of carboxylic acid groups (broad SMARTS) is 1. The van der Waals surface area contributed by atoms with Crippen LogP contribution in [-0.2, 0) is 31.3 Å². The van der Waals surface area contributed by atoms with E-state index in [1.807, 2.05) is 0 Å². The number of aromatic nitrogens is 4. The number of fused-ring (bicyclic) bond motifs is 1. The lowest BCUT2D eigenvalue weighted by Gasteiger charge is -2.21. The monoisotopic (exact) mass is 1480 g/mol. The van der Waals surface area contributed by atoms with E-state index in [2.05, 4.69) is 19.9 Å². The fraction of sp³-hybridized carbons (Fsp3) is 0.429. The number of amides is 3. The Morgan fingerprint density at radius 1 is 0.543 bits per heavy atom. The first-order valence-corrected chi connectivity index (χ1v) is 33.2. The molecule has 4 aliphatic rings. The standard InChI is InChI=1S/C21H20F3N3O3.C14H18N2O5.C14H20N2O3.C7H4F3NO2.C7H5FN2O3.C7H14O2/c22-21(23,24)14-3-7-25-18(11-14)19-26-17-2-1-15(12-16(17)20(28)27-19)30-10-6-13-4-8-29-9-5-13;15-14(17)12-9-11(1-2-13(12)16(18)19)21-8-5-10-3-6-20-7-4-10;15-13-2-1-11(9-12(13)14(16)17)19-8-5-10-3-6-18-7-4-10;8-7(9,10)4-1-2-11-5(3-4)6(12)13;8-4-1-2-6(10(12)13)5(3-4)7(9)11;8-4-1-7-2-5-9-6-3-7/h1-3,7,11-13H,4-6,8-10H2,(H,26,27,28);1-2,9-10H,3-8H2,(H2,15,17);1-2,9-10H,3-8,15H2,(H2,16,17);1-3H,(H,12,13);1-3H,(H2,9,11);7-8H,1-6H2. The quantitative estimate of drug-likeness (QED) is 0.0152. The van der Waals surface area contributed by atoms with Gasteiger partial charge in [0.1, 0.15) is 45.6 Å². The number of aromatic amines is 1. The van der Waals surface area contributed by atoms with Gasteiger partial charge in [-0.3, -0.25) is 44.4 Å². The van der Waals surface area contributed by atoms with Crippen LogP contribution in [0.1, 0.15) is 130 Å². The van der Waals surface area contributed by atoms with Gasteiger partial charge in [0.2, 0.25) is 0 Å². The minimum atomic E-state index is -4.53. The zero-order chi connectivity index (χ0) is 76.6. The number of aliphatic hydroxyl groups excluding tert-OH is 1. The number of alkyl halides is 6. The highest BCUT2D eigenvalue weighted by Gasteiger charge is 2.33. The fourth-order valence-electron chi connectivity index (χ4n) is 10.8. The van der Waals surface area contributed by atoms with Gasteiger partial charge in [0, 0.05) is 89.7 Å². The molecule has 0 unspecified atom stereocenters. The van der Waals surface area contributed by atoms with E-state index in [0.29, 0.717) is 95.7 Å². The number of nitrogens with one attached hydrogen (secondary N) is 1. The van der Waals surface area contributed by atoms with E-state index in [9.17, 15) is 74.9 Å².